The van der Waals surface area contributed by atoms with E-state index in [2.05, 4.69) is 10.0 Å². The zero-order chi connectivity index (χ0) is 21.8. The second-order valence-corrected chi connectivity index (χ2v) is 8.49. The minimum atomic E-state index is -3.69. The van der Waals surface area contributed by atoms with E-state index in [1.807, 2.05) is 24.3 Å². The maximum atomic E-state index is 12.7. The number of methoxy groups -OCH3 is 1. The predicted molar refractivity (Wildman–Crippen MR) is 122 cm³/mol. The zero-order valence-corrected chi connectivity index (χ0v) is 17.5. The predicted octanol–water partition coefficient (Wildman–Crippen LogP) is 4.90. The first kappa shape index (κ1) is 20.4. The molecular weight excluding hydrogens is 412 g/mol. The summed E-state index contributed by atoms with van der Waals surface area (Å²) in [6.07, 6.45) is 0. The van der Waals surface area contributed by atoms with Crippen LogP contribution >= 0.6 is 0 Å². The molecule has 0 unspecified atom stereocenters. The number of carbonyl (C=O) groups is 1. The zero-order valence-electron chi connectivity index (χ0n) is 16.7. The third-order valence-corrected chi connectivity index (χ3v) is 6.20. The fourth-order valence-electron chi connectivity index (χ4n) is 3.26. The highest BCUT2D eigenvalue weighted by Crippen LogP contribution is 2.31. The van der Waals surface area contributed by atoms with E-state index in [1.165, 1.54) is 12.1 Å². The lowest BCUT2D eigenvalue weighted by molar-refractivity contribution is 0.102. The lowest BCUT2D eigenvalue weighted by atomic mass is 10.1. The molecule has 6 nitrogen and oxygen atoms in total. The second kappa shape index (κ2) is 8.49. The molecule has 0 aromatic heterocycles. The fourth-order valence-corrected chi connectivity index (χ4v) is 4.34. The summed E-state index contributed by atoms with van der Waals surface area (Å²) in [4.78, 5) is 12.9. The average molecular weight is 433 g/mol. The fraction of sp³-hybridized carbons (Fsp3) is 0.0417. The van der Waals surface area contributed by atoms with Crippen molar-refractivity contribution >= 4 is 38.1 Å². The SMILES string of the molecule is COc1ccc(NC(=O)c2ccc(NS(=O)(=O)c3ccccc3)cc2)c2ccccc12. The van der Waals surface area contributed by atoms with Crippen LogP contribution in [0.3, 0.4) is 0 Å². The Morgan fingerprint density at radius 1 is 0.774 bits per heavy atom. The molecule has 156 valence electrons. The Balaban J connectivity index is 1.53. The first-order chi connectivity index (χ1) is 15.0. The van der Waals surface area contributed by atoms with Gasteiger partial charge in [-0.05, 0) is 48.5 Å². The van der Waals surface area contributed by atoms with Gasteiger partial charge in [-0.15, -0.1) is 0 Å². The summed E-state index contributed by atoms with van der Waals surface area (Å²) in [6, 6.07) is 25.6. The van der Waals surface area contributed by atoms with Gasteiger partial charge in [0.25, 0.3) is 15.9 Å². The molecule has 0 aliphatic carbocycles. The number of benzene rings is 4. The molecule has 4 aromatic rings. The van der Waals surface area contributed by atoms with Gasteiger partial charge in [0.15, 0.2) is 0 Å². The number of amides is 1. The number of rotatable bonds is 6. The van der Waals surface area contributed by atoms with Crippen LogP contribution in [0.4, 0.5) is 11.4 Å². The molecule has 0 atom stereocenters. The van der Waals surface area contributed by atoms with E-state index in [9.17, 15) is 13.2 Å². The standard InChI is InChI=1S/C24H20N2O4S/c1-30-23-16-15-22(20-9-5-6-10-21(20)23)25-24(27)17-11-13-18(14-12-17)26-31(28,29)19-7-3-2-4-8-19/h2-16,26H,1H3,(H,25,27). The van der Waals surface area contributed by atoms with E-state index in [1.54, 1.807) is 61.7 Å². The molecule has 0 saturated heterocycles. The van der Waals surface area contributed by atoms with Crippen LogP contribution in [-0.2, 0) is 10.0 Å². The number of nitrogens with one attached hydrogen (secondary N) is 2. The van der Waals surface area contributed by atoms with Crippen LogP contribution in [-0.4, -0.2) is 21.4 Å². The Morgan fingerprint density at radius 2 is 1.42 bits per heavy atom. The van der Waals surface area contributed by atoms with E-state index < -0.39 is 10.0 Å². The maximum Gasteiger partial charge on any atom is 0.261 e. The van der Waals surface area contributed by atoms with Gasteiger partial charge in [0.05, 0.1) is 12.0 Å². The van der Waals surface area contributed by atoms with E-state index in [4.69, 9.17) is 4.74 Å². The Kier molecular flexibility index (Phi) is 5.60. The molecule has 2 N–H and O–H groups in total. The summed E-state index contributed by atoms with van der Waals surface area (Å²) in [7, 11) is -2.08. The number of anilines is 2. The second-order valence-electron chi connectivity index (χ2n) is 6.81. The van der Waals surface area contributed by atoms with Crippen LogP contribution < -0.4 is 14.8 Å². The molecule has 0 radical (unpaired) electrons. The third-order valence-electron chi connectivity index (χ3n) is 4.80. The van der Waals surface area contributed by atoms with E-state index in [0.29, 0.717) is 16.9 Å². The molecule has 0 saturated carbocycles. The molecule has 1 amide bonds. The van der Waals surface area contributed by atoms with Gasteiger partial charge >= 0.3 is 0 Å². The van der Waals surface area contributed by atoms with Crippen molar-refractivity contribution in [1.29, 1.82) is 0 Å². The van der Waals surface area contributed by atoms with Crippen LogP contribution in [0.25, 0.3) is 10.8 Å². The van der Waals surface area contributed by atoms with Crippen molar-refractivity contribution in [1.82, 2.24) is 0 Å². The average Bonchev–Trinajstić information content (AvgIpc) is 2.80. The van der Waals surface area contributed by atoms with Crippen molar-refractivity contribution in [3.05, 3.63) is 96.6 Å². The van der Waals surface area contributed by atoms with Crippen LogP contribution in [0.1, 0.15) is 10.4 Å². The van der Waals surface area contributed by atoms with Gasteiger partial charge in [-0.1, -0.05) is 42.5 Å². The van der Waals surface area contributed by atoms with Gasteiger partial charge in [0, 0.05) is 27.7 Å². The molecule has 0 fully saturated rings. The molecular formula is C24H20N2O4S. The van der Waals surface area contributed by atoms with Crippen molar-refractivity contribution in [3.63, 3.8) is 0 Å². The summed E-state index contributed by atoms with van der Waals surface area (Å²) in [5.74, 6) is 0.427. The molecule has 0 aliphatic heterocycles. The summed E-state index contributed by atoms with van der Waals surface area (Å²) in [5.41, 5.74) is 1.44. The van der Waals surface area contributed by atoms with E-state index in [-0.39, 0.29) is 10.8 Å². The quantitative estimate of drug-likeness (QED) is 0.454. The highest BCUT2D eigenvalue weighted by molar-refractivity contribution is 7.92. The van der Waals surface area contributed by atoms with Crippen molar-refractivity contribution in [3.8, 4) is 5.75 Å². The minimum absolute atomic E-state index is 0.170. The van der Waals surface area contributed by atoms with Crippen molar-refractivity contribution < 1.29 is 17.9 Å². The van der Waals surface area contributed by atoms with E-state index in [0.717, 1.165) is 16.5 Å². The van der Waals surface area contributed by atoms with Crippen LogP contribution in [0.15, 0.2) is 95.9 Å². The number of ether oxygens (including phenoxy) is 1. The maximum absolute atomic E-state index is 12.7. The summed E-state index contributed by atoms with van der Waals surface area (Å²) >= 11 is 0. The molecule has 0 heterocycles. The topological polar surface area (TPSA) is 84.5 Å². The summed E-state index contributed by atoms with van der Waals surface area (Å²) < 4.78 is 32.8. The van der Waals surface area contributed by atoms with Crippen LogP contribution in [0.5, 0.6) is 5.75 Å². The third kappa shape index (κ3) is 4.36. The lowest BCUT2D eigenvalue weighted by Gasteiger charge is -2.12. The first-order valence-corrected chi connectivity index (χ1v) is 11.0. The highest BCUT2D eigenvalue weighted by atomic mass is 32.2. The van der Waals surface area contributed by atoms with E-state index >= 15 is 0 Å². The van der Waals surface area contributed by atoms with Gasteiger partial charge in [0.1, 0.15) is 5.75 Å². The van der Waals surface area contributed by atoms with Crippen molar-refractivity contribution in [2.75, 3.05) is 17.1 Å². The molecule has 31 heavy (non-hydrogen) atoms. The smallest absolute Gasteiger partial charge is 0.261 e. The van der Waals surface area contributed by atoms with Crippen molar-refractivity contribution in [2.24, 2.45) is 0 Å². The normalized spacial score (nSPS) is 11.1. The first-order valence-electron chi connectivity index (χ1n) is 9.53. The van der Waals surface area contributed by atoms with Gasteiger partial charge in [-0.25, -0.2) is 8.42 Å². The van der Waals surface area contributed by atoms with Crippen LogP contribution in [0.2, 0.25) is 0 Å². The number of fused-ring (bicyclic) bond motifs is 1. The lowest BCUT2D eigenvalue weighted by Crippen LogP contribution is -2.14. The van der Waals surface area contributed by atoms with Gasteiger partial charge < -0.3 is 10.1 Å². The summed E-state index contributed by atoms with van der Waals surface area (Å²) in [5, 5.41) is 4.67. The number of hydrogen-bond acceptors (Lipinski definition) is 4. The molecule has 0 bridgehead atoms. The van der Waals surface area contributed by atoms with Gasteiger partial charge in [-0.3, -0.25) is 9.52 Å². The van der Waals surface area contributed by atoms with Crippen molar-refractivity contribution in [2.45, 2.75) is 4.90 Å². The number of hydrogen-bond donors (Lipinski definition) is 2. The molecule has 4 aromatic carbocycles. The summed E-state index contributed by atoms with van der Waals surface area (Å²) in [6.45, 7) is 0. The van der Waals surface area contributed by atoms with Crippen LogP contribution in [0, 0.1) is 0 Å². The largest absolute Gasteiger partial charge is 0.496 e. The molecule has 4 rings (SSSR count). The monoisotopic (exact) mass is 432 g/mol. The molecule has 0 aliphatic rings. The highest BCUT2D eigenvalue weighted by Gasteiger charge is 2.14. The molecule has 0 spiro atoms. The van der Waals surface area contributed by atoms with Gasteiger partial charge in [0.2, 0.25) is 0 Å². The molecule has 7 heteroatoms. The number of carbonyl (C=O) groups excluding carboxylic acids is 1. The Hall–Kier alpha value is -3.84. The number of sulfonamides is 1. The Bertz CT molecular complexity index is 1340. The van der Waals surface area contributed by atoms with Gasteiger partial charge in [-0.2, -0.15) is 0 Å². The Morgan fingerprint density at radius 3 is 2.10 bits per heavy atom. The minimum Gasteiger partial charge on any atom is -0.496 e. The Labute approximate surface area is 180 Å².